The number of methoxy groups -OCH3 is 1. The number of ether oxygens (including phenoxy) is 2. The van der Waals surface area contributed by atoms with E-state index >= 15 is 0 Å². The van der Waals surface area contributed by atoms with Crippen molar-refractivity contribution in [3.05, 3.63) is 125 Å². The van der Waals surface area contributed by atoms with Crippen LogP contribution in [-0.2, 0) is 0 Å². The van der Waals surface area contributed by atoms with Crippen LogP contribution in [0.25, 0.3) is 0 Å². The van der Waals surface area contributed by atoms with E-state index in [0.717, 1.165) is 5.56 Å². The Bertz CT molecular complexity index is 1500. The number of hydrazone groups is 1. The summed E-state index contributed by atoms with van der Waals surface area (Å²) < 4.78 is 10.6. The van der Waals surface area contributed by atoms with Gasteiger partial charge in [0.1, 0.15) is 11.5 Å². The van der Waals surface area contributed by atoms with Gasteiger partial charge in [0.15, 0.2) is 0 Å². The Balaban J connectivity index is 1.44. The Morgan fingerprint density at radius 3 is 2.29 bits per heavy atom. The molecular formula is C30H25N3O5. The largest absolute Gasteiger partial charge is 0.497 e. The average Bonchev–Trinajstić information content (AvgIpc) is 2.94. The lowest BCUT2D eigenvalue weighted by Crippen LogP contribution is -2.21. The van der Waals surface area contributed by atoms with Crippen molar-refractivity contribution < 1.29 is 23.9 Å². The van der Waals surface area contributed by atoms with Gasteiger partial charge in [0.05, 0.1) is 30.1 Å². The van der Waals surface area contributed by atoms with E-state index in [1.54, 1.807) is 98.1 Å². The standard InChI is InChI=1S/C30H25N3O5/c1-20-8-7-10-22(18-20)28(34)32-26-12-5-4-11-25(26)29(35)33-31-19-23-9-3-6-13-27(23)38-30(36)21-14-16-24(37-2)17-15-21/h3-19H,1-2H3,(H,32,34)(H,33,35)/b31-19-. The summed E-state index contributed by atoms with van der Waals surface area (Å²) in [6.07, 6.45) is 1.38. The summed E-state index contributed by atoms with van der Waals surface area (Å²) in [6, 6.07) is 27.1. The van der Waals surface area contributed by atoms with Crippen LogP contribution < -0.4 is 20.2 Å². The van der Waals surface area contributed by atoms with Crippen LogP contribution in [0.15, 0.2) is 102 Å². The maximum Gasteiger partial charge on any atom is 0.343 e. The van der Waals surface area contributed by atoms with Gasteiger partial charge >= 0.3 is 5.97 Å². The molecule has 8 heteroatoms. The van der Waals surface area contributed by atoms with Crippen molar-refractivity contribution in [1.82, 2.24) is 5.43 Å². The fourth-order valence-electron chi connectivity index (χ4n) is 3.56. The zero-order valence-electron chi connectivity index (χ0n) is 20.8. The van der Waals surface area contributed by atoms with Gasteiger partial charge in [-0.1, -0.05) is 42.0 Å². The number of hydrogen-bond acceptors (Lipinski definition) is 6. The van der Waals surface area contributed by atoms with E-state index in [0.29, 0.717) is 28.1 Å². The summed E-state index contributed by atoms with van der Waals surface area (Å²) in [4.78, 5) is 38.1. The second-order valence-corrected chi connectivity index (χ2v) is 8.22. The molecule has 0 aliphatic carbocycles. The molecule has 2 amide bonds. The van der Waals surface area contributed by atoms with Crippen molar-refractivity contribution in [1.29, 1.82) is 0 Å². The molecule has 0 unspecified atom stereocenters. The highest BCUT2D eigenvalue weighted by molar-refractivity contribution is 6.09. The first kappa shape index (κ1) is 25.8. The molecule has 4 rings (SSSR count). The first-order chi connectivity index (χ1) is 18.4. The van der Waals surface area contributed by atoms with Gasteiger partial charge in [0, 0.05) is 11.1 Å². The van der Waals surface area contributed by atoms with Crippen molar-refractivity contribution in [3.63, 3.8) is 0 Å². The van der Waals surface area contributed by atoms with Gasteiger partial charge in [0.2, 0.25) is 0 Å². The number of amides is 2. The zero-order chi connectivity index (χ0) is 26.9. The Morgan fingerprint density at radius 1 is 0.789 bits per heavy atom. The van der Waals surface area contributed by atoms with Crippen LogP contribution in [-0.4, -0.2) is 31.1 Å². The van der Waals surface area contributed by atoms with Gasteiger partial charge in [-0.05, 0) is 67.6 Å². The number of carbonyl (C=O) groups is 3. The van der Waals surface area contributed by atoms with Crippen molar-refractivity contribution in [2.75, 3.05) is 12.4 Å². The van der Waals surface area contributed by atoms with Gasteiger partial charge in [0.25, 0.3) is 11.8 Å². The van der Waals surface area contributed by atoms with Crippen LogP contribution in [0.2, 0.25) is 0 Å². The molecule has 8 nitrogen and oxygen atoms in total. The normalized spacial score (nSPS) is 10.6. The molecular weight excluding hydrogens is 482 g/mol. The molecule has 0 spiro atoms. The van der Waals surface area contributed by atoms with Gasteiger partial charge in [-0.3, -0.25) is 9.59 Å². The third-order valence-electron chi connectivity index (χ3n) is 5.52. The number of carbonyl (C=O) groups excluding carboxylic acids is 3. The van der Waals surface area contributed by atoms with Gasteiger partial charge < -0.3 is 14.8 Å². The number of nitrogens with one attached hydrogen (secondary N) is 2. The predicted molar refractivity (Wildman–Crippen MR) is 145 cm³/mol. The average molecular weight is 508 g/mol. The van der Waals surface area contributed by atoms with Crippen molar-refractivity contribution >= 4 is 29.7 Å². The third-order valence-corrected chi connectivity index (χ3v) is 5.52. The fraction of sp³-hybridized carbons (Fsp3) is 0.0667. The molecule has 0 aromatic heterocycles. The van der Waals surface area contributed by atoms with Crippen molar-refractivity contribution in [2.45, 2.75) is 6.92 Å². The van der Waals surface area contributed by atoms with Crippen LogP contribution >= 0.6 is 0 Å². The minimum Gasteiger partial charge on any atom is -0.497 e. The van der Waals surface area contributed by atoms with Crippen molar-refractivity contribution in [2.24, 2.45) is 5.10 Å². The highest BCUT2D eigenvalue weighted by atomic mass is 16.5. The van der Waals surface area contributed by atoms with E-state index in [4.69, 9.17) is 9.47 Å². The molecule has 4 aromatic rings. The molecule has 4 aromatic carbocycles. The lowest BCUT2D eigenvalue weighted by Gasteiger charge is -2.10. The van der Waals surface area contributed by atoms with E-state index in [1.165, 1.54) is 6.21 Å². The number of rotatable bonds is 8. The molecule has 2 N–H and O–H groups in total. The van der Waals surface area contributed by atoms with Crippen LogP contribution in [0.1, 0.15) is 42.2 Å². The first-order valence-corrected chi connectivity index (χ1v) is 11.7. The van der Waals surface area contributed by atoms with Crippen LogP contribution in [0, 0.1) is 6.92 Å². The lowest BCUT2D eigenvalue weighted by atomic mass is 10.1. The second kappa shape index (κ2) is 12.1. The van der Waals surface area contributed by atoms with E-state index in [9.17, 15) is 14.4 Å². The van der Waals surface area contributed by atoms with Crippen molar-refractivity contribution in [3.8, 4) is 11.5 Å². The Morgan fingerprint density at radius 2 is 1.53 bits per heavy atom. The molecule has 0 heterocycles. The quantitative estimate of drug-likeness (QED) is 0.147. The van der Waals surface area contributed by atoms with Gasteiger partial charge in [-0.15, -0.1) is 0 Å². The molecule has 0 saturated carbocycles. The third kappa shape index (κ3) is 6.50. The van der Waals surface area contributed by atoms with E-state index in [2.05, 4.69) is 15.8 Å². The van der Waals surface area contributed by atoms with E-state index in [-0.39, 0.29) is 17.2 Å². The van der Waals surface area contributed by atoms with Crippen LogP contribution in [0.3, 0.4) is 0 Å². The summed E-state index contributed by atoms with van der Waals surface area (Å²) in [7, 11) is 1.54. The molecule has 38 heavy (non-hydrogen) atoms. The Hall–Kier alpha value is -5.24. The topological polar surface area (TPSA) is 106 Å². The van der Waals surface area contributed by atoms with Crippen LogP contribution in [0.4, 0.5) is 5.69 Å². The Labute approximate surface area is 219 Å². The van der Waals surface area contributed by atoms with Gasteiger partial charge in [-0.25, -0.2) is 10.2 Å². The smallest absolute Gasteiger partial charge is 0.343 e. The van der Waals surface area contributed by atoms with Gasteiger partial charge in [-0.2, -0.15) is 5.10 Å². The minimum atomic E-state index is -0.546. The Kier molecular flexibility index (Phi) is 8.25. The second-order valence-electron chi connectivity index (χ2n) is 8.22. The molecule has 0 radical (unpaired) electrons. The molecule has 0 aliphatic rings. The SMILES string of the molecule is COc1ccc(C(=O)Oc2ccccc2/C=N\NC(=O)c2ccccc2NC(=O)c2cccc(C)c2)cc1. The molecule has 0 aliphatic heterocycles. The number of aryl methyl sites for hydroxylation is 1. The summed E-state index contributed by atoms with van der Waals surface area (Å²) in [6.45, 7) is 1.90. The van der Waals surface area contributed by atoms with E-state index < -0.39 is 11.9 Å². The maximum absolute atomic E-state index is 12.9. The number of para-hydroxylation sites is 2. The fourth-order valence-corrected chi connectivity index (χ4v) is 3.56. The molecule has 190 valence electrons. The predicted octanol–water partition coefficient (Wildman–Crippen LogP) is 5.24. The number of benzene rings is 4. The number of hydrogen-bond donors (Lipinski definition) is 2. The minimum absolute atomic E-state index is 0.241. The summed E-state index contributed by atoms with van der Waals surface area (Å²) >= 11 is 0. The number of esters is 1. The molecule has 0 bridgehead atoms. The van der Waals surface area contributed by atoms with E-state index in [1.807, 2.05) is 13.0 Å². The highest BCUT2D eigenvalue weighted by Crippen LogP contribution is 2.20. The highest BCUT2D eigenvalue weighted by Gasteiger charge is 2.15. The first-order valence-electron chi connectivity index (χ1n) is 11.7. The van der Waals surface area contributed by atoms with Crippen LogP contribution in [0.5, 0.6) is 11.5 Å². The molecule has 0 fully saturated rings. The monoisotopic (exact) mass is 507 g/mol. The summed E-state index contributed by atoms with van der Waals surface area (Å²) in [5.41, 5.74) is 5.32. The maximum atomic E-state index is 12.9. The number of anilines is 1. The lowest BCUT2D eigenvalue weighted by molar-refractivity contribution is 0.0733. The molecule has 0 saturated heterocycles. The number of nitrogens with zero attached hydrogens (tertiary/aromatic N) is 1. The molecule has 0 atom stereocenters. The zero-order valence-corrected chi connectivity index (χ0v) is 20.8. The summed E-state index contributed by atoms with van der Waals surface area (Å²) in [5, 5.41) is 6.81. The summed E-state index contributed by atoms with van der Waals surface area (Å²) in [5.74, 6) is -0.492.